The maximum absolute atomic E-state index is 7.32. The molecule has 1 aromatic heterocycles. The zero-order valence-corrected chi connectivity index (χ0v) is 10.7. The first-order valence-electron chi connectivity index (χ1n) is 4.98. The molecule has 0 bridgehead atoms. The first-order valence-corrected chi connectivity index (χ1v) is 5.74. The van der Waals surface area contributed by atoms with Crippen LogP contribution in [0.2, 0.25) is 10.0 Å². The Morgan fingerprint density at radius 3 is 2.56 bits per heavy atom. The van der Waals surface area contributed by atoms with E-state index in [9.17, 15) is 0 Å². The Morgan fingerprint density at radius 2 is 1.94 bits per heavy atom. The van der Waals surface area contributed by atoms with Crippen LogP contribution < -0.4 is 10.5 Å². The van der Waals surface area contributed by atoms with Gasteiger partial charge < -0.3 is 10.5 Å². The third-order valence-electron chi connectivity index (χ3n) is 2.15. The molecule has 6 heteroatoms. The zero-order chi connectivity index (χ0) is 13.1. The van der Waals surface area contributed by atoms with E-state index in [1.54, 1.807) is 30.5 Å². The number of aromatic nitrogens is 1. The molecule has 0 fully saturated rings. The van der Waals surface area contributed by atoms with Gasteiger partial charge in [-0.1, -0.05) is 23.2 Å². The van der Waals surface area contributed by atoms with Crippen molar-refractivity contribution in [1.29, 1.82) is 5.41 Å². The predicted octanol–water partition coefficient (Wildman–Crippen LogP) is 3.46. The number of nitrogens with zero attached hydrogens (tertiary/aromatic N) is 1. The van der Waals surface area contributed by atoms with Crippen molar-refractivity contribution < 1.29 is 4.74 Å². The summed E-state index contributed by atoms with van der Waals surface area (Å²) < 4.78 is 5.53. The number of nitrogen functional groups attached to an aromatic ring is 1. The van der Waals surface area contributed by atoms with Crippen LogP contribution >= 0.6 is 23.2 Å². The van der Waals surface area contributed by atoms with Gasteiger partial charge in [-0.15, -0.1) is 0 Å². The highest BCUT2D eigenvalue weighted by molar-refractivity contribution is 6.34. The fraction of sp³-hybridized carbons (Fsp3) is 0. The maximum atomic E-state index is 7.32. The van der Waals surface area contributed by atoms with E-state index in [-0.39, 0.29) is 5.84 Å². The number of halogens is 2. The van der Waals surface area contributed by atoms with Crippen molar-refractivity contribution in [3.8, 4) is 11.5 Å². The monoisotopic (exact) mass is 281 g/mol. The quantitative estimate of drug-likeness (QED) is 0.668. The van der Waals surface area contributed by atoms with Crippen LogP contribution in [0.25, 0.3) is 0 Å². The molecule has 0 aliphatic carbocycles. The van der Waals surface area contributed by atoms with Crippen molar-refractivity contribution in [2.75, 3.05) is 0 Å². The van der Waals surface area contributed by atoms with Crippen LogP contribution in [-0.4, -0.2) is 10.8 Å². The number of nitrogens with two attached hydrogens (primary N) is 1. The Morgan fingerprint density at radius 1 is 1.17 bits per heavy atom. The van der Waals surface area contributed by atoms with Gasteiger partial charge in [0.1, 0.15) is 17.3 Å². The van der Waals surface area contributed by atoms with Gasteiger partial charge in [-0.3, -0.25) is 10.4 Å². The topological polar surface area (TPSA) is 72.0 Å². The summed E-state index contributed by atoms with van der Waals surface area (Å²) in [6.07, 6.45) is 3.05. The molecular formula is C12H9Cl2N3O. The fourth-order valence-electron chi connectivity index (χ4n) is 1.36. The van der Waals surface area contributed by atoms with Crippen LogP contribution in [0.1, 0.15) is 5.56 Å². The molecule has 2 rings (SSSR count). The molecule has 0 aliphatic rings. The van der Waals surface area contributed by atoms with Crippen LogP contribution in [-0.2, 0) is 0 Å². The molecule has 2 aromatic rings. The normalized spacial score (nSPS) is 10.1. The smallest absolute Gasteiger partial charge is 0.147 e. The summed E-state index contributed by atoms with van der Waals surface area (Å²) in [5, 5.41) is 8.16. The average Bonchev–Trinajstić information content (AvgIpc) is 2.28. The molecule has 0 unspecified atom stereocenters. The number of nitrogens with one attached hydrogen (secondary N) is 1. The molecule has 0 aliphatic heterocycles. The molecule has 4 nitrogen and oxygen atoms in total. The maximum Gasteiger partial charge on any atom is 0.147 e. The average molecular weight is 282 g/mol. The minimum absolute atomic E-state index is 0.0871. The van der Waals surface area contributed by atoms with Crippen molar-refractivity contribution in [2.24, 2.45) is 5.73 Å². The molecule has 92 valence electrons. The summed E-state index contributed by atoms with van der Waals surface area (Å²) in [5.41, 5.74) is 5.83. The lowest BCUT2D eigenvalue weighted by atomic mass is 10.2. The number of amidine groups is 1. The molecule has 0 atom stereocenters. The molecule has 0 saturated carbocycles. The second kappa shape index (κ2) is 5.25. The highest BCUT2D eigenvalue weighted by atomic mass is 35.5. The standard InChI is InChI=1S/C12H9Cl2N3O/c13-7-3-9(6-17-5-7)18-8-1-2-10(12(15)16)11(14)4-8/h1-6H,(H3,15,16). The molecule has 0 saturated heterocycles. The Balaban J connectivity index is 2.25. The SMILES string of the molecule is N=C(N)c1ccc(Oc2cncc(Cl)c2)cc1Cl. The lowest BCUT2D eigenvalue weighted by Crippen LogP contribution is -2.11. The van der Waals surface area contributed by atoms with Gasteiger partial charge in [-0.05, 0) is 12.1 Å². The van der Waals surface area contributed by atoms with Crippen LogP contribution in [0.15, 0.2) is 36.7 Å². The Bertz CT molecular complexity index is 602. The minimum Gasteiger partial charge on any atom is -0.456 e. The van der Waals surface area contributed by atoms with E-state index in [1.807, 2.05) is 0 Å². The number of pyridine rings is 1. The van der Waals surface area contributed by atoms with Crippen molar-refractivity contribution in [2.45, 2.75) is 0 Å². The van der Waals surface area contributed by atoms with Gasteiger partial charge in [0, 0.05) is 23.9 Å². The second-order valence-corrected chi connectivity index (χ2v) is 4.34. The van der Waals surface area contributed by atoms with Crippen LogP contribution in [0.4, 0.5) is 0 Å². The van der Waals surface area contributed by atoms with Gasteiger partial charge in [0.05, 0.1) is 16.2 Å². The van der Waals surface area contributed by atoms with Gasteiger partial charge in [-0.2, -0.15) is 0 Å². The molecule has 0 amide bonds. The van der Waals surface area contributed by atoms with E-state index in [4.69, 9.17) is 39.1 Å². The first-order chi connectivity index (χ1) is 8.56. The van der Waals surface area contributed by atoms with Gasteiger partial charge in [0.15, 0.2) is 0 Å². The Kier molecular flexibility index (Phi) is 3.69. The van der Waals surface area contributed by atoms with Crippen LogP contribution in [0.5, 0.6) is 11.5 Å². The minimum atomic E-state index is -0.0871. The second-order valence-electron chi connectivity index (χ2n) is 3.50. The summed E-state index contributed by atoms with van der Waals surface area (Å²) in [7, 11) is 0. The zero-order valence-electron chi connectivity index (χ0n) is 9.15. The van der Waals surface area contributed by atoms with E-state index >= 15 is 0 Å². The summed E-state index contributed by atoms with van der Waals surface area (Å²) in [4.78, 5) is 3.90. The molecule has 0 radical (unpaired) electrons. The number of ether oxygens (including phenoxy) is 1. The van der Waals surface area contributed by atoms with E-state index in [0.29, 0.717) is 27.1 Å². The molecule has 3 N–H and O–H groups in total. The van der Waals surface area contributed by atoms with Crippen LogP contribution in [0.3, 0.4) is 0 Å². The largest absolute Gasteiger partial charge is 0.456 e. The molecule has 18 heavy (non-hydrogen) atoms. The third kappa shape index (κ3) is 2.91. The predicted molar refractivity (Wildman–Crippen MR) is 71.8 cm³/mol. The molecular weight excluding hydrogens is 273 g/mol. The molecule has 1 heterocycles. The summed E-state index contributed by atoms with van der Waals surface area (Å²) in [6.45, 7) is 0. The number of rotatable bonds is 3. The van der Waals surface area contributed by atoms with Gasteiger partial charge in [0.2, 0.25) is 0 Å². The Hall–Kier alpha value is -1.78. The Labute approximate surface area is 114 Å². The van der Waals surface area contributed by atoms with Gasteiger partial charge in [0.25, 0.3) is 0 Å². The van der Waals surface area contributed by atoms with Crippen molar-refractivity contribution in [1.82, 2.24) is 4.98 Å². The van der Waals surface area contributed by atoms with Crippen molar-refractivity contribution >= 4 is 29.0 Å². The summed E-state index contributed by atoms with van der Waals surface area (Å²) in [5.74, 6) is 0.944. The summed E-state index contributed by atoms with van der Waals surface area (Å²) >= 11 is 11.8. The van der Waals surface area contributed by atoms with Crippen LogP contribution in [0, 0.1) is 5.41 Å². The van der Waals surface area contributed by atoms with Gasteiger partial charge in [-0.25, -0.2) is 0 Å². The lowest BCUT2D eigenvalue weighted by molar-refractivity contribution is 0.480. The van der Waals surface area contributed by atoms with E-state index < -0.39 is 0 Å². The van der Waals surface area contributed by atoms with Gasteiger partial charge >= 0.3 is 0 Å². The van der Waals surface area contributed by atoms with Crippen molar-refractivity contribution in [3.63, 3.8) is 0 Å². The highest BCUT2D eigenvalue weighted by Gasteiger charge is 2.06. The fourth-order valence-corrected chi connectivity index (χ4v) is 1.80. The molecule has 0 spiro atoms. The number of benzene rings is 1. The van der Waals surface area contributed by atoms with E-state index in [1.165, 1.54) is 6.20 Å². The first kappa shape index (κ1) is 12.7. The third-order valence-corrected chi connectivity index (χ3v) is 2.67. The van der Waals surface area contributed by atoms with Crippen molar-refractivity contribution in [3.05, 3.63) is 52.3 Å². The van der Waals surface area contributed by atoms with E-state index in [2.05, 4.69) is 4.98 Å². The highest BCUT2D eigenvalue weighted by Crippen LogP contribution is 2.27. The number of hydrogen-bond acceptors (Lipinski definition) is 3. The number of hydrogen-bond donors (Lipinski definition) is 2. The summed E-state index contributed by atoms with van der Waals surface area (Å²) in [6, 6.07) is 6.52. The molecule has 1 aromatic carbocycles. The lowest BCUT2D eigenvalue weighted by Gasteiger charge is -2.08. The van der Waals surface area contributed by atoms with E-state index in [0.717, 1.165) is 0 Å².